The van der Waals surface area contributed by atoms with Gasteiger partial charge in [-0.2, -0.15) is 0 Å². The summed E-state index contributed by atoms with van der Waals surface area (Å²) in [6.07, 6.45) is 1.51. The summed E-state index contributed by atoms with van der Waals surface area (Å²) in [5.74, 6) is -1.15. The summed E-state index contributed by atoms with van der Waals surface area (Å²) in [4.78, 5) is 26.5. The summed E-state index contributed by atoms with van der Waals surface area (Å²) in [7, 11) is -1.27. The second-order valence-corrected chi connectivity index (χ2v) is 13.3. The second kappa shape index (κ2) is 8.49. The van der Waals surface area contributed by atoms with E-state index in [1.54, 1.807) is 26.8 Å². The van der Waals surface area contributed by atoms with Crippen LogP contribution >= 0.6 is 0 Å². The van der Waals surface area contributed by atoms with Crippen LogP contribution in [0.4, 0.5) is 4.79 Å². The van der Waals surface area contributed by atoms with E-state index in [4.69, 9.17) is 18.6 Å². The SMILES string of the molecule is CC[Si](OC(C1COC(C)(C)O1)C1C=CC(=O)N1C(=O)OC(C)(C)C)C(C)(C)C. The number of ether oxygens (including phenoxy) is 3. The zero-order valence-electron chi connectivity index (χ0n) is 19.2. The maximum absolute atomic E-state index is 12.8. The highest BCUT2D eigenvalue weighted by atomic mass is 28.3. The molecule has 2 aliphatic heterocycles. The summed E-state index contributed by atoms with van der Waals surface area (Å²) in [6.45, 7) is 17.9. The Labute approximate surface area is 176 Å². The first-order valence-electron chi connectivity index (χ1n) is 10.2. The number of carbonyl (C=O) groups excluding carboxylic acids is 2. The van der Waals surface area contributed by atoms with Gasteiger partial charge >= 0.3 is 6.09 Å². The minimum Gasteiger partial charge on any atom is -0.443 e. The van der Waals surface area contributed by atoms with Gasteiger partial charge in [-0.1, -0.05) is 33.8 Å². The first-order chi connectivity index (χ1) is 13.1. The molecule has 29 heavy (non-hydrogen) atoms. The van der Waals surface area contributed by atoms with Crippen LogP contribution in [0.15, 0.2) is 12.2 Å². The molecular formula is C21H36NO6Si. The fourth-order valence-electron chi connectivity index (χ4n) is 3.47. The molecule has 1 fully saturated rings. The highest BCUT2D eigenvalue weighted by molar-refractivity contribution is 6.55. The molecule has 0 aromatic rings. The molecule has 2 amide bonds. The lowest BCUT2D eigenvalue weighted by Crippen LogP contribution is -2.54. The Kier molecular flexibility index (Phi) is 7.04. The van der Waals surface area contributed by atoms with E-state index in [1.807, 2.05) is 13.8 Å². The fourth-order valence-corrected chi connectivity index (χ4v) is 5.67. The van der Waals surface area contributed by atoms with Crippen molar-refractivity contribution in [2.75, 3.05) is 6.61 Å². The van der Waals surface area contributed by atoms with Crippen molar-refractivity contribution in [2.45, 2.75) is 103 Å². The molecule has 7 nitrogen and oxygen atoms in total. The standard InChI is InChI=1S/C21H36NO6Si/c1-10-29(20(5,6)7)28-17(15-13-25-21(8,9)26-15)14-11-12-16(23)22(14)18(24)27-19(2,3)4/h11-12,14-15,17H,10,13H2,1-9H3. The maximum Gasteiger partial charge on any atom is 0.417 e. The van der Waals surface area contributed by atoms with Crippen LogP contribution in [-0.2, 0) is 23.4 Å². The molecule has 1 saturated heterocycles. The number of hydrogen-bond donors (Lipinski definition) is 0. The van der Waals surface area contributed by atoms with E-state index in [9.17, 15) is 9.59 Å². The molecule has 3 atom stereocenters. The van der Waals surface area contributed by atoms with E-state index in [-0.39, 0.29) is 5.04 Å². The van der Waals surface area contributed by atoms with Crippen LogP contribution in [0.1, 0.15) is 62.3 Å². The highest BCUT2D eigenvalue weighted by Gasteiger charge is 2.48. The maximum atomic E-state index is 12.8. The van der Waals surface area contributed by atoms with Crippen LogP contribution in [0.2, 0.25) is 11.1 Å². The molecule has 0 aliphatic carbocycles. The Morgan fingerprint density at radius 2 is 1.93 bits per heavy atom. The van der Waals surface area contributed by atoms with Crippen molar-refractivity contribution in [1.82, 2.24) is 4.90 Å². The van der Waals surface area contributed by atoms with Crippen LogP contribution in [0.5, 0.6) is 0 Å². The number of carbonyl (C=O) groups is 2. The summed E-state index contributed by atoms with van der Waals surface area (Å²) < 4.78 is 24.0. The largest absolute Gasteiger partial charge is 0.443 e. The summed E-state index contributed by atoms with van der Waals surface area (Å²) in [6, 6.07) is 0.284. The van der Waals surface area contributed by atoms with Crippen molar-refractivity contribution in [3.8, 4) is 0 Å². The van der Waals surface area contributed by atoms with Crippen molar-refractivity contribution in [2.24, 2.45) is 0 Å². The van der Waals surface area contributed by atoms with Crippen molar-refractivity contribution < 1.29 is 28.2 Å². The van der Waals surface area contributed by atoms with E-state index in [2.05, 4.69) is 27.7 Å². The van der Waals surface area contributed by atoms with E-state index >= 15 is 0 Å². The molecule has 0 aromatic carbocycles. The fraction of sp³-hybridized carbons (Fsp3) is 0.810. The quantitative estimate of drug-likeness (QED) is 0.618. The van der Waals surface area contributed by atoms with Gasteiger partial charge in [0.15, 0.2) is 5.79 Å². The first-order valence-corrected chi connectivity index (χ1v) is 11.9. The average Bonchev–Trinajstić information content (AvgIpc) is 3.08. The van der Waals surface area contributed by atoms with Gasteiger partial charge in [0.2, 0.25) is 9.04 Å². The second-order valence-electron chi connectivity index (χ2n) is 10.0. The van der Waals surface area contributed by atoms with Crippen molar-refractivity contribution in [1.29, 1.82) is 0 Å². The zero-order chi connectivity index (χ0) is 22.2. The third-order valence-corrected chi connectivity index (χ3v) is 7.60. The molecule has 0 aromatic heterocycles. The van der Waals surface area contributed by atoms with Crippen LogP contribution in [0.25, 0.3) is 0 Å². The van der Waals surface area contributed by atoms with Crippen molar-refractivity contribution >= 4 is 21.0 Å². The van der Waals surface area contributed by atoms with Crippen LogP contribution in [-0.4, -0.2) is 62.2 Å². The first kappa shape index (κ1) is 24.1. The molecule has 8 heteroatoms. The Morgan fingerprint density at radius 1 is 1.31 bits per heavy atom. The summed E-state index contributed by atoms with van der Waals surface area (Å²) in [5.41, 5.74) is -0.709. The molecule has 0 spiro atoms. The lowest BCUT2D eigenvalue weighted by Gasteiger charge is -2.38. The van der Waals surface area contributed by atoms with E-state index in [0.29, 0.717) is 6.61 Å². The molecule has 2 aliphatic rings. The van der Waals surface area contributed by atoms with Gasteiger partial charge in [0.05, 0.1) is 18.8 Å². The highest BCUT2D eigenvalue weighted by Crippen LogP contribution is 2.36. The molecule has 0 saturated carbocycles. The molecule has 3 unspecified atom stereocenters. The third kappa shape index (κ3) is 6.13. The summed E-state index contributed by atoms with van der Waals surface area (Å²) in [5, 5.41) is -0.0181. The number of rotatable bonds is 5. The average molecular weight is 427 g/mol. The molecule has 0 bridgehead atoms. The smallest absolute Gasteiger partial charge is 0.417 e. The Bertz CT molecular complexity index is 649. The molecule has 2 heterocycles. The van der Waals surface area contributed by atoms with Gasteiger partial charge in [0.1, 0.15) is 11.7 Å². The predicted octanol–water partition coefficient (Wildman–Crippen LogP) is 4.04. The normalized spacial score (nSPS) is 25.7. The van der Waals surface area contributed by atoms with Gasteiger partial charge in [-0.15, -0.1) is 0 Å². The molecule has 165 valence electrons. The number of amides is 2. The molecule has 2 rings (SSSR count). The monoisotopic (exact) mass is 426 g/mol. The Balaban J connectivity index is 2.34. The van der Waals surface area contributed by atoms with Gasteiger partial charge in [-0.3, -0.25) is 4.79 Å². The van der Waals surface area contributed by atoms with E-state index < -0.39 is 50.7 Å². The van der Waals surface area contributed by atoms with Gasteiger partial charge in [-0.05, 0) is 45.7 Å². The predicted molar refractivity (Wildman–Crippen MR) is 112 cm³/mol. The number of imide groups is 1. The topological polar surface area (TPSA) is 74.3 Å². The molecule has 1 radical (unpaired) electrons. The zero-order valence-corrected chi connectivity index (χ0v) is 20.2. The van der Waals surface area contributed by atoms with Crippen molar-refractivity contribution in [3.63, 3.8) is 0 Å². The number of nitrogens with zero attached hydrogens (tertiary/aromatic N) is 1. The third-order valence-electron chi connectivity index (χ3n) is 4.73. The minimum absolute atomic E-state index is 0.0181. The van der Waals surface area contributed by atoms with Crippen LogP contribution in [0, 0.1) is 0 Å². The lowest BCUT2D eigenvalue weighted by atomic mass is 10.1. The van der Waals surface area contributed by atoms with Crippen LogP contribution in [0.3, 0.4) is 0 Å². The molecular weight excluding hydrogens is 390 g/mol. The minimum atomic E-state index is -1.27. The summed E-state index contributed by atoms with van der Waals surface area (Å²) >= 11 is 0. The Hall–Kier alpha value is -1.22. The van der Waals surface area contributed by atoms with Crippen LogP contribution < -0.4 is 0 Å². The lowest BCUT2D eigenvalue weighted by molar-refractivity contribution is -0.153. The van der Waals surface area contributed by atoms with Gasteiger partial charge in [-0.25, -0.2) is 9.69 Å². The van der Waals surface area contributed by atoms with E-state index in [0.717, 1.165) is 10.9 Å². The Morgan fingerprint density at radius 3 is 2.38 bits per heavy atom. The van der Waals surface area contributed by atoms with E-state index in [1.165, 1.54) is 6.08 Å². The van der Waals surface area contributed by atoms with Crippen molar-refractivity contribution in [3.05, 3.63) is 12.2 Å². The van der Waals surface area contributed by atoms with Gasteiger partial charge in [0, 0.05) is 6.08 Å². The number of hydrogen-bond acceptors (Lipinski definition) is 6. The molecule has 0 N–H and O–H groups in total. The van der Waals surface area contributed by atoms with Gasteiger partial charge in [0.25, 0.3) is 5.91 Å². The van der Waals surface area contributed by atoms with Gasteiger partial charge < -0.3 is 18.6 Å².